The summed E-state index contributed by atoms with van der Waals surface area (Å²) < 4.78 is 0. The Bertz CT molecular complexity index is 860. The molecule has 2 aliphatic rings. The molecule has 142 valence electrons. The standard InChI is InChI=1S/C22H26N2O3/c1-2-24(13-21(25)26)18-10-17(11-18)23-22(27)20-12-19(20)16-8-7-14-5-3-4-6-15(14)9-16/h3-9,17-20H,2,10-13H2,1H3,(H,23,27)(H,25,26). The average Bonchev–Trinajstić information content (AvgIpc) is 3.43. The first-order valence-electron chi connectivity index (χ1n) is 9.80. The van der Waals surface area contributed by atoms with Crippen LogP contribution >= 0.6 is 0 Å². The van der Waals surface area contributed by atoms with E-state index in [0.29, 0.717) is 5.92 Å². The third-order valence-corrected chi connectivity index (χ3v) is 6.05. The van der Waals surface area contributed by atoms with E-state index in [0.717, 1.165) is 25.8 Å². The second kappa shape index (κ2) is 7.31. The first kappa shape index (κ1) is 18.0. The summed E-state index contributed by atoms with van der Waals surface area (Å²) in [6, 6.07) is 15.2. The number of nitrogens with one attached hydrogen (secondary N) is 1. The van der Waals surface area contributed by atoms with Crippen molar-refractivity contribution >= 4 is 22.6 Å². The van der Waals surface area contributed by atoms with E-state index in [1.165, 1.54) is 16.3 Å². The van der Waals surface area contributed by atoms with Gasteiger partial charge in [-0.25, -0.2) is 0 Å². The first-order valence-corrected chi connectivity index (χ1v) is 9.80. The number of carboxylic acids is 1. The largest absolute Gasteiger partial charge is 0.480 e. The normalized spacial score (nSPS) is 26.6. The number of hydrogen-bond acceptors (Lipinski definition) is 3. The van der Waals surface area contributed by atoms with E-state index in [1.807, 2.05) is 24.0 Å². The summed E-state index contributed by atoms with van der Waals surface area (Å²) in [6.45, 7) is 2.78. The molecule has 2 N–H and O–H groups in total. The van der Waals surface area contributed by atoms with Gasteiger partial charge in [0.25, 0.3) is 0 Å². The molecule has 1 amide bonds. The highest BCUT2D eigenvalue weighted by atomic mass is 16.4. The van der Waals surface area contributed by atoms with Gasteiger partial charge < -0.3 is 10.4 Å². The summed E-state index contributed by atoms with van der Waals surface area (Å²) in [5.41, 5.74) is 1.25. The third kappa shape index (κ3) is 3.83. The van der Waals surface area contributed by atoms with Gasteiger partial charge in [0.2, 0.25) is 5.91 Å². The van der Waals surface area contributed by atoms with Crippen molar-refractivity contribution in [1.82, 2.24) is 10.2 Å². The Balaban J connectivity index is 1.29. The average molecular weight is 366 g/mol. The summed E-state index contributed by atoms with van der Waals surface area (Å²) in [4.78, 5) is 25.4. The lowest BCUT2D eigenvalue weighted by atomic mass is 9.85. The molecule has 0 heterocycles. The van der Waals surface area contributed by atoms with Crippen LogP contribution in [-0.4, -0.2) is 47.1 Å². The number of likely N-dealkylation sites (N-methyl/N-ethyl adjacent to an activating group) is 1. The Kier molecular flexibility index (Phi) is 4.87. The summed E-state index contributed by atoms with van der Waals surface area (Å²) >= 11 is 0. The molecule has 2 fully saturated rings. The highest BCUT2D eigenvalue weighted by molar-refractivity contribution is 5.86. The number of benzene rings is 2. The SMILES string of the molecule is CCN(CC(=O)O)C1CC(NC(=O)C2CC2c2ccc3ccccc3c2)C1. The fourth-order valence-corrected chi connectivity index (χ4v) is 4.28. The molecular formula is C22H26N2O3. The minimum Gasteiger partial charge on any atom is -0.480 e. The molecule has 0 saturated heterocycles. The highest BCUT2D eigenvalue weighted by Gasteiger charge is 2.45. The molecule has 4 rings (SSSR count). The molecule has 0 radical (unpaired) electrons. The van der Waals surface area contributed by atoms with Gasteiger partial charge in [0.1, 0.15) is 0 Å². The Morgan fingerprint density at radius 3 is 2.56 bits per heavy atom. The fraction of sp³-hybridized carbons (Fsp3) is 0.455. The van der Waals surface area contributed by atoms with Crippen molar-refractivity contribution in [3.63, 3.8) is 0 Å². The lowest BCUT2D eigenvalue weighted by molar-refractivity contribution is -0.139. The maximum Gasteiger partial charge on any atom is 0.317 e. The van der Waals surface area contributed by atoms with Gasteiger partial charge in [-0.2, -0.15) is 0 Å². The molecule has 2 aromatic rings. The van der Waals surface area contributed by atoms with E-state index < -0.39 is 5.97 Å². The van der Waals surface area contributed by atoms with Crippen molar-refractivity contribution in [2.45, 2.75) is 44.2 Å². The second-order valence-electron chi connectivity index (χ2n) is 7.84. The van der Waals surface area contributed by atoms with Crippen LogP contribution in [0.1, 0.15) is 37.7 Å². The summed E-state index contributed by atoms with van der Waals surface area (Å²) in [6.07, 6.45) is 2.61. The third-order valence-electron chi connectivity index (χ3n) is 6.05. The second-order valence-corrected chi connectivity index (χ2v) is 7.84. The van der Waals surface area contributed by atoms with Crippen molar-refractivity contribution < 1.29 is 14.7 Å². The fourth-order valence-electron chi connectivity index (χ4n) is 4.28. The topological polar surface area (TPSA) is 69.6 Å². The zero-order valence-corrected chi connectivity index (χ0v) is 15.6. The Morgan fingerprint density at radius 2 is 1.85 bits per heavy atom. The molecule has 5 heteroatoms. The predicted molar refractivity (Wildman–Crippen MR) is 105 cm³/mol. The van der Waals surface area contributed by atoms with Crippen molar-refractivity contribution in [3.05, 3.63) is 48.0 Å². The van der Waals surface area contributed by atoms with Gasteiger partial charge in [0.05, 0.1) is 6.54 Å². The summed E-state index contributed by atoms with van der Waals surface area (Å²) in [7, 11) is 0. The number of carbonyl (C=O) groups excluding carboxylic acids is 1. The predicted octanol–water partition coefficient (Wildman–Crippen LogP) is 3.00. The molecule has 0 aromatic heterocycles. The van der Waals surface area contributed by atoms with Crippen molar-refractivity contribution in [3.8, 4) is 0 Å². The molecule has 2 aliphatic carbocycles. The summed E-state index contributed by atoms with van der Waals surface area (Å²) in [5.74, 6) is -0.241. The van der Waals surface area contributed by atoms with E-state index in [9.17, 15) is 9.59 Å². The number of carbonyl (C=O) groups is 2. The van der Waals surface area contributed by atoms with E-state index in [2.05, 4.69) is 35.6 Å². The maximum absolute atomic E-state index is 12.6. The van der Waals surface area contributed by atoms with Gasteiger partial charge in [-0.15, -0.1) is 0 Å². The number of hydrogen-bond donors (Lipinski definition) is 2. The number of amides is 1. The molecule has 2 aromatic carbocycles. The van der Waals surface area contributed by atoms with Crippen LogP contribution in [0.25, 0.3) is 10.8 Å². The summed E-state index contributed by atoms with van der Waals surface area (Å²) in [5, 5.41) is 14.6. The van der Waals surface area contributed by atoms with Crippen LogP contribution in [0.4, 0.5) is 0 Å². The monoisotopic (exact) mass is 366 g/mol. The maximum atomic E-state index is 12.6. The lowest BCUT2D eigenvalue weighted by Gasteiger charge is -2.42. The van der Waals surface area contributed by atoms with Crippen molar-refractivity contribution in [1.29, 1.82) is 0 Å². The first-order chi connectivity index (χ1) is 13.0. The quantitative estimate of drug-likeness (QED) is 0.790. The zero-order valence-electron chi connectivity index (χ0n) is 15.6. The zero-order chi connectivity index (χ0) is 19.0. The van der Waals surface area contributed by atoms with E-state index in [4.69, 9.17) is 5.11 Å². The van der Waals surface area contributed by atoms with Gasteiger partial charge in [-0.05, 0) is 48.1 Å². The molecule has 2 atom stereocenters. The Labute approximate surface area is 159 Å². The van der Waals surface area contributed by atoms with Crippen LogP contribution in [0, 0.1) is 5.92 Å². The minimum atomic E-state index is -0.791. The minimum absolute atomic E-state index is 0.0755. The molecule has 0 bridgehead atoms. The molecule has 2 saturated carbocycles. The molecule has 27 heavy (non-hydrogen) atoms. The van der Waals surface area contributed by atoms with Gasteiger partial charge in [0.15, 0.2) is 0 Å². The van der Waals surface area contributed by atoms with Gasteiger partial charge in [-0.3, -0.25) is 14.5 Å². The highest BCUT2D eigenvalue weighted by Crippen LogP contribution is 2.48. The van der Waals surface area contributed by atoms with E-state index in [-0.39, 0.29) is 30.5 Å². The molecule has 0 spiro atoms. The van der Waals surface area contributed by atoms with Crippen LogP contribution in [0.15, 0.2) is 42.5 Å². The number of nitrogens with zero attached hydrogens (tertiary/aromatic N) is 1. The van der Waals surface area contributed by atoms with Crippen molar-refractivity contribution in [2.75, 3.05) is 13.1 Å². The smallest absolute Gasteiger partial charge is 0.317 e. The number of aliphatic carboxylic acids is 1. The van der Waals surface area contributed by atoms with Gasteiger partial charge in [-0.1, -0.05) is 49.4 Å². The van der Waals surface area contributed by atoms with E-state index >= 15 is 0 Å². The number of rotatable bonds is 7. The molecular weight excluding hydrogens is 340 g/mol. The van der Waals surface area contributed by atoms with Gasteiger partial charge in [0, 0.05) is 18.0 Å². The number of carboxylic acid groups (broad SMARTS) is 1. The Morgan fingerprint density at radius 1 is 1.11 bits per heavy atom. The lowest BCUT2D eigenvalue weighted by Crippen LogP contribution is -2.55. The molecule has 5 nitrogen and oxygen atoms in total. The van der Waals surface area contributed by atoms with Crippen molar-refractivity contribution in [2.24, 2.45) is 5.92 Å². The number of fused-ring (bicyclic) bond motifs is 1. The van der Waals surface area contributed by atoms with Crippen LogP contribution < -0.4 is 5.32 Å². The van der Waals surface area contributed by atoms with Gasteiger partial charge >= 0.3 is 5.97 Å². The van der Waals surface area contributed by atoms with E-state index in [1.54, 1.807) is 0 Å². The Hall–Kier alpha value is -2.40. The molecule has 2 unspecified atom stereocenters. The van der Waals surface area contributed by atoms with Crippen LogP contribution in [0.5, 0.6) is 0 Å². The van der Waals surface area contributed by atoms with Crippen LogP contribution in [-0.2, 0) is 9.59 Å². The molecule has 0 aliphatic heterocycles. The van der Waals surface area contributed by atoms with Crippen LogP contribution in [0.3, 0.4) is 0 Å². The van der Waals surface area contributed by atoms with Crippen LogP contribution in [0.2, 0.25) is 0 Å².